The molecule has 2 aromatic carbocycles. The number of allylic oxidation sites excluding steroid dienone is 3. The fourth-order valence-corrected chi connectivity index (χ4v) is 5.41. The van der Waals surface area contributed by atoms with Gasteiger partial charge in [0.1, 0.15) is 0 Å². The van der Waals surface area contributed by atoms with Crippen molar-refractivity contribution in [3.8, 4) is 0 Å². The zero-order chi connectivity index (χ0) is 15.7. The van der Waals surface area contributed by atoms with Gasteiger partial charge in [-0.1, -0.05) is 90.7 Å². The monoisotopic (exact) mass is 306 g/mol. The summed E-state index contributed by atoms with van der Waals surface area (Å²) in [6, 6.07) is 20.8. The lowest BCUT2D eigenvalue weighted by atomic mass is 10.4. The Labute approximate surface area is 134 Å². The van der Waals surface area contributed by atoms with Crippen LogP contribution in [-0.2, 0) is 4.43 Å². The Morgan fingerprint density at radius 3 is 1.91 bits per heavy atom. The third kappa shape index (κ3) is 3.73. The fourth-order valence-electron chi connectivity index (χ4n) is 2.42. The molecule has 2 rings (SSSR count). The zero-order valence-corrected chi connectivity index (χ0v) is 14.0. The van der Waals surface area contributed by atoms with Gasteiger partial charge >= 0.3 is 0 Å². The molecule has 0 radical (unpaired) electrons. The largest absolute Gasteiger partial charge is 0.401 e. The minimum atomic E-state index is -2.39. The Balaban J connectivity index is 2.37. The molecule has 0 spiro atoms. The molecule has 0 fully saturated rings. The Morgan fingerprint density at radius 1 is 0.909 bits per heavy atom. The third-order valence-corrected chi connectivity index (χ3v) is 7.12. The molecule has 0 aliphatic heterocycles. The molecule has 0 bridgehead atoms. The van der Waals surface area contributed by atoms with Crippen LogP contribution >= 0.6 is 0 Å². The van der Waals surface area contributed by atoms with Gasteiger partial charge in [-0.15, -0.1) is 6.58 Å². The summed E-state index contributed by atoms with van der Waals surface area (Å²) >= 11 is 0. The van der Waals surface area contributed by atoms with Gasteiger partial charge in [0.05, 0.1) is 6.61 Å². The van der Waals surface area contributed by atoms with Gasteiger partial charge in [-0.05, 0) is 17.3 Å². The molecule has 0 aliphatic carbocycles. The molecule has 2 aromatic rings. The lowest BCUT2D eigenvalue weighted by molar-refractivity contribution is 0.370. The molecule has 0 heterocycles. The van der Waals surface area contributed by atoms with Gasteiger partial charge in [0, 0.05) is 0 Å². The van der Waals surface area contributed by atoms with Crippen LogP contribution in [0.3, 0.4) is 0 Å². The maximum atomic E-state index is 6.40. The predicted molar refractivity (Wildman–Crippen MR) is 98.0 cm³/mol. The maximum Gasteiger partial charge on any atom is 0.280 e. The summed E-state index contributed by atoms with van der Waals surface area (Å²) in [5, 5.41) is 2.44. The SMILES string of the molecule is C=C[Si](OC/C=C/C=C/C)(c1ccccc1)c1ccccc1. The average Bonchev–Trinajstić information content (AvgIpc) is 2.60. The number of hydrogen-bond acceptors (Lipinski definition) is 1. The Kier molecular flexibility index (Phi) is 6.13. The molecule has 0 saturated carbocycles. The molecule has 0 unspecified atom stereocenters. The highest BCUT2D eigenvalue weighted by molar-refractivity contribution is 7.01. The van der Waals surface area contributed by atoms with E-state index in [4.69, 9.17) is 4.43 Å². The van der Waals surface area contributed by atoms with E-state index in [1.807, 2.05) is 49.1 Å². The Hall–Kier alpha value is -2.16. The van der Waals surface area contributed by atoms with Crippen LogP contribution in [0.2, 0.25) is 0 Å². The quantitative estimate of drug-likeness (QED) is 0.561. The van der Waals surface area contributed by atoms with Crippen LogP contribution in [-0.4, -0.2) is 14.9 Å². The maximum absolute atomic E-state index is 6.40. The van der Waals surface area contributed by atoms with E-state index in [2.05, 4.69) is 55.1 Å². The summed E-state index contributed by atoms with van der Waals surface area (Å²) in [6.07, 6.45) is 8.06. The zero-order valence-electron chi connectivity index (χ0n) is 13.0. The third-order valence-electron chi connectivity index (χ3n) is 3.54. The highest BCUT2D eigenvalue weighted by atomic mass is 28.4. The first-order valence-electron chi connectivity index (χ1n) is 7.50. The molecule has 0 N–H and O–H groups in total. The normalized spacial score (nSPS) is 12.0. The van der Waals surface area contributed by atoms with Gasteiger partial charge in [-0.3, -0.25) is 0 Å². The molecule has 0 aromatic heterocycles. The molecule has 0 atom stereocenters. The van der Waals surface area contributed by atoms with Crippen LogP contribution in [0, 0.1) is 0 Å². The van der Waals surface area contributed by atoms with E-state index in [1.165, 1.54) is 10.4 Å². The molecule has 2 heteroatoms. The van der Waals surface area contributed by atoms with Crippen LogP contribution in [0.4, 0.5) is 0 Å². The highest BCUT2D eigenvalue weighted by Gasteiger charge is 2.36. The van der Waals surface area contributed by atoms with Crippen LogP contribution in [0.1, 0.15) is 6.92 Å². The van der Waals surface area contributed by atoms with Crippen molar-refractivity contribution in [1.29, 1.82) is 0 Å². The van der Waals surface area contributed by atoms with Crippen molar-refractivity contribution in [2.75, 3.05) is 6.61 Å². The van der Waals surface area contributed by atoms with Crippen LogP contribution in [0.25, 0.3) is 0 Å². The highest BCUT2D eigenvalue weighted by Crippen LogP contribution is 2.09. The van der Waals surface area contributed by atoms with Crippen molar-refractivity contribution in [1.82, 2.24) is 0 Å². The topological polar surface area (TPSA) is 9.23 Å². The van der Waals surface area contributed by atoms with E-state index in [0.29, 0.717) is 6.61 Å². The second-order valence-corrected chi connectivity index (χ2v) is 8.26. The van der Waals surface area contributed by atoms with E-state index in [0.717, 1.165) is 0 Å². The summed E-state index contributed by atoms with van der Waals surface area (Å²) in [5.74, 6) is 0. The summed E-state index contributed by atoms with van der Waals surface area (Å²) in [4.78, 5) is 0. The molecule has 0 amide bonds. The van der Waals surface area contributed by atoms with Gasteiger partial charge in [0.25, 0.3) is 8.32 Å². The average molecular weight is 306 g/mol. The second kappa shape index (κ2) is 8.32. The van der Waals surface area contributed by atoms with Gasteiger partial charge in [0.15, 0.2) is 0 Å². The summed E-state index contributed by atoms with van der Waals surface area (Å²) in [6.45, 7) is 6.68. The smallest absolute Gasteiger partial charge is 0.280 e. The van der Waals surface area contributed by atoms with E-state index in [-0.39, 0.29) is 0 Å². The van der Waals surface area contributed by atoms with Gasteiger partial charge in [-0.25, -0.2) is 0 Å². The van der Waals surface area contributed by atoms with Gasteiger partial charge < -0.3 is 4.43 Å². The van der Waals surface area contributed by atoms with E-state index >= 15 is 0 Å². The first-order chi connectivity index (χ1) is 10.8. The van der Waals surface area contributed by atoms with Crippen molar-refractivity contribution >= 4 is 18.7 Å². The van der Waals surface area contributed by atoms with Crippen molar-refractivity contribution in [3.63, 3.8) is 0 Å². The second-order valence-electron chi connectivity index (χ2n) is 4.94. The molecule has 22 heavy (non-hydrogen) atoms. The molecular formula is C20H22OSi. The Morgan fingerprint density at radius 2 is 1.45 bits per heavy atom. The number of benzene rings is 2. The van der Waals surface area contributed by atoms with Gasteiger partial charge in [0.2, 0.25) is 0 Å². The number of rotatable bonds is 7. The van der Waals surface area contributed by atoms with E-state index in [9.17, 15) is 0 Å². The minimum Gasteiger partial charge on any atom is -0.401 e. The van der Waals surface area contributed by atoms with E-state index < -0.39 is 8.32 Å². The standard InChI is InChI=1S/C20H22OSi/c1-3-5-6-13-18-21-22(4-2,19-14-9-7-10-15-19)20-16-11-8-12-17-20/h3-17H,2,18H2,1H3/b5-3+,13-6+. The number of hydrogen-bond donors (Lipinski definition) is 0. The van der Waals surface area contributed by atoms with Crippen molar-refractivity contribution in [3.05, 3.63) is 97.2 Å². The summed E-state index contributed by atoms with van der Waals surface area (Å²) in [7, 11) is -2.39. The predicted octanol–water partition coefficient (Wildman–Crippen LogP) is 3.62. The summed E-state index contributed by atoms with van der Waals surface area (Å²) in [5.41, 5.74) is 2.02. The van der Waals surface area contributed by atoms with Crippen LogP contribution in [0.5, 0.6) is 0 Å². The molecule has 0 aliphatic rings. The first-order valence-corrected chi connectivity index (χ1v) is 9.48. The lowest BCUT2D eigenvalue weighted by Crippen LogP contribution is -2.59. The first kappa shape index (κ1) is 16.2. The van der Waals surface area contributed by atoms with Gasteiger partial charge in [-0.2, -0.15) is 0 Å². The minimum absolute atomic E-state index is 0.576. The summed E-state index contributed by atoms with van der Waals surface area (Å²) < 4.78 is 6.40. The molecule has 112 valence electrons. The molecular weight excluding hydrogens is 284 g/mol. The van der Waals surface area contributed by atoms with Crippen LogP contribution in [0.15, 0.2) is 97.2 Å². The lowest BCUT2D eigenvalue weighted by Gasteiger charge is -2.28. The van der Waals surface area contributed by atoms with E-state index in [1.54, 1.807) is 0 Å². The fraction of sp³-hybridized carbons (Fsp3) is 0.100. The Bertz CT molecular complexity index is 590. The van der Waals surface area contributed by atoms with Crippen molar-refractivity contribution in [2.45, 2.75) is 6.92 Å². The van der Waals surface area contributed by atoms with Crippen LogP contribution < -0.4 is 10.4 Å². The molecule has 0 saturated heterocycles. The van der Waals surface area contributed by atoms with Crippen molar-refractivity contribution < 1.29 is 4.43 Å². The van der Waals surface area contributed by atoms with Crippen molar-refractivity contribution in [2.24, 2.45) is 0 Å². The molecule has 1 nitrogen and oxygen atoms in total.